The Morgan fingerprint density at radius 2 is 1.60 bits per heavy atom. The van der Waals surface area contributed by atoms with Gasteiger partial charge in [-0.25, -0.2) is 4.98 Å². The zero-order valence-electron chi connectivity index (χ0n) is 13.1. The number of phenolic OH excluding ortho intramolecular Hbond substituents is 1. The fourth-order valence-electron chi connectivity index (χ4n) is 2.77. The largest absolute Gasteiger partial charge is 0.508 e. The quantitative estimate of drug-likeness (QED) is 0.513. The number of para-hydroxylation sites is 2. The third kappa shape index (κ3) is 2.83. The molecule has 1 N–H and O–H groups in total. The summed E-state index contributed by atoms with van der Waals surface area (Å²) in [4.78, 5) is 17.6. The van der Waals surface area contributed by atoms with Crippen LogP contribution in [0.15, 0.2) is 77.3 Å². The van der Waals surface area contributed by atoms with Gasteiger partial charge < -0.3 is 5.11 Å². The van der Waals surface area contributed by atoms with E-state index >= 15 is 0 Å². The van der Waals surface area contributed by atoms with Crippen LogP contribution in [0.2, 0.25) is 0 Å². The second-order valence-corrected chi connectivity index (χ2v) is 6.53. The number of hydrogen-bond donors (Lipinski definition) is 1. The normalized spacial score (nSPS) is 10.9. The molecule has 4 aromatic rings. The van der Waals surface area contributed by atoms with Crippen molar-refractivity contribution < 1.29 is 9.90 Å². The molecule has 3 aromatic carbocycles. The number of fused-ring (bicyclic) bond motifs is 1. The lowest BCUT2D eigenvalue weighted by Crippen LogP contribution is -2.10. The van der Waals surface area contributed by atoms with E-state index in [4.69, 9.17) is 0 Å². The van der Waals surface area contributed by atoms with E-state index in [1.54, 1.807) is 36.4 Å². The number of imidazole rings is 1. The summed E-state index contributed by atoms with van der Waals surface area (Å²) in [5.74, 6) is 0.361. The van der Waals surface area contributed by atoms with Crippen molar-refractivity contribution in [3.05, 3.63) is 88.7 Å². The molecule has 0 fully saturated rings. The Morgan fingerprint density at radius 3 is 2.32 bits per heavy atom. The fourth-order valence-corrected chi connectivity index (χ4v) is 3.04. The van der Waals surface area contributed by atoms with Gasteiger partial charge in [0.05, 0.1) is 11.0 Å². The number of rotatable bonds is 3. The topological polar surface area (TPSA) is 55.1 Å². The molecule has 0 aliphatic heterocycles. The maximum Gasteiger partial charge on any atom is 0.228 e. The molecular formula is C20H13BrN2O2. The predicted molar refractivity (Wildman–Crippen MR) is 100 cm³/mol. The molecule has 0 saturated carbocycles. The van der Waals surface area contributed by atoms with Crippen LogP contribution in [0.1, 0.15) is 16.2 Å². The molecule has 0 aliphatic carbocycles. The summed E-state index contributed by atoms with van der Waals surface area (Å²) in [5.41, 5.74) is 2.93. The number of phenols is 1. The Morgan fingerprint density at radius 1 is 0.920 bits per heavy atom. The molecule has 0 saturated heterocycles. The van der Waals surface area contributed by atoms with Gasteiger partial charge in [0.1, 0.15) is 5.75 Å². The monoisotopic (exact) mass is 392 g/mol. The van der Waals surface area contributed by atoms with Crippen molar-refractivity contribution >= 4 is 32.7 Å². The van der Waals surface area contributed by atoms with Gasteiger partial charge in [0, 0.05) is 15.7 Å². The average molecular weight is 393 g/mol. The van der Waals surface area contributed by atoms with Crippen LogP contribution in [-0.4, -0.2) is 20.4 Å². The number of carbonyl (C=O) groups excluding carboxylic acids is 1. The lowest BCUT2D eigenvalue weighted by atomic mass is 10.1. The van der Waals surface area contributed by atoms with Crippen molar-refractivity contribution in [3.63, 3.8) is 0 Å². The number of carbonyl (C=O) groups is 1. The van der Waals surface area contributed by atoms with E-state index in [0.717, 1.165) is 21.2 Å². The molecule has 1 heterocycles. The SMILES string of the molecule is O=C(c1ccc(Br)cc1)c1nc2ccccc2n1-c1ccc(O)cc1. The van der Waals surface area contributed by atoms with E-state index in [0.29, 0.717) is 11.4 Å². The molecule has 1 aromatic heterocycles. The first kappa shape index (κ1) is 15.6. The number of aromatic hydroxyl groups is 1. The summed E-state index contributed by atoms with van der Waals surface area (Å²) in [6, 6.07) is 21.5. The number of aromatic nitrogens is 2. The summed E-state index contributed by atoms with van der Waals surface area (Å²) in [7, 11) is 0. The van der Waals surface area contributed by atoms with E-state index in [-0.39, 0.29) is 11.5 Å². The van der Waals surface area contributed by atoms with E-state index in [1.807, 2.05) is 41.0 Å². The zero-order chi connectivity index (χ0) is 17.4. The number of nitrogens with zero attached hydrogens (tertiary/aromatic N) is 2. The van der Waals surface area contributed by atoms with E-state index in [2.05, 4.69) is 20.9 Å². The third-order valence-corrected chi connectivity index (χ3v) is 4.51. The standard InChI is InChI=1S/C20H13BrN2O2/c21-14-7-5-13(6-8-14)19(25)20-22-17-3-1-2-4-18(17)23(20)15-9-11-16(24)12-10-15/h1-12,24H. The molecule has 0 spiro atoms. The molecule has 0 radical (unpaired) electrons. The number of halogens is 1. The van der Waals surface area contributed by atoms with Gasteiger partial charge in [-0.3, -0.25) is 9.36 Å². The summed E-state index contributed by atoms with van der Waals surface area (Å²) in [6.45, 7) is 0. The van der Waals surface area contributed by atoms with Gasteiger partial charge in [0.2, 0.25) is 5.78 Å². The highest BCUT2D eigenvalue weighted by molar-refractivity contribution is 9.10. The Bertz CT molecular complexity index is 1070. The molecule has 5 heteroatoms. The molecule has 0 atom stereocenters. The first-order valence-corrected chi connectivity index (χ1v) is 8.50. The third-order valence-electron chi connectivity index (χ3n) is 3.98. The lowest BCUT2D eigenvalue weighted by molar-refractivity contribution is 0.102. The smallest absolute Gasteiger partial charge is 0.228 e. The number of hydrogen-bond acceptors (Lipinski definition) is 3. The van der Waals surface area contributed by atoms with Crippen molar-refractivity contribution in [3.8, 4) is 11.4 Å². The first-order valence-electron chi connectivity index (χ1n) is 7.70. The van der Waals surface area contributed by atoms with Crippen LogP contribution in [0.25, 0.3) is 16.7 Å². The van der Waals surface area contributed by atoms with E-state index in [9.17, 15) is 9.90 Å². The van der Waals surface area contributed by atoms with E-state index < -0.39 is 0 Å². The Balaban J connectivity index is 1.94. The molecule has 4 rings (SSSR count). The van der Waals surface area contributed by atoms with Crippen molar-refractivity contribution in [2.75, 3.05) is 0 Å². The van der Waals surface area contributed by atoms with Gasteiger partial charge in [0.15, 0.2) is 5.82 Å². The van der Waals surface area contributed by atoms with Crippen LogP contribution in [0.3, 0.4) is 0 Å². The van der Waals surface area contributed by atoms with Crippen LogP contribution >= 0.6 is 15.9 Å². The van der Waals surface area contributed by atoms with Gasteiger partial charge >= 0.3 is 0 Å². The van der Waals surface area contributed by atoms with Gasteiger partial charge in [-0.2, -0.15) is 0 Å². The zero-order valence-corrected chi connectivity index (χ0v) is 14.6. The predicted octanol–water partition coefficient (Wildman–Crippen LogP) is 4.72. The molecule has 0 bridgehead atoms. The minimum atomic E-state index is -0.156. The van der Waals surface area contributed by atoms with Crippen LogP contribution < -0.4 is 0 Å². The van der Waals surface area contributed by atoms with Crippen molar-refractivity contribution in [1.82, 2.24) is 9.55 Å². The van der Waals surface area contributed by atoms with Gasteiger partial charge in [-0.15, -0.1) is 0 Å². The second kappa shape index (κ2) is 6.18. The number of benzene rings is 3. The van der Waals surface area contributed by atoms with Crippen LogP contribution in [-0.2, 0) is 0 Å². The Labute approximate surface area is 152 Å². The summed E-state index contributed by atoms with van der Waals surface area (Å²) >= 11 is 3.38. The minimum absolute atomic E-state index is 0.156. The van der Waals surface area contributed by atoms with Crippen molar-refractivity contribution in [2.45, 2.75) is 0 Å². The van der Waals surface area contributed by atoms with Gasteiger partial charge in [-0.1, -0.05) is 28.1 Å². The highest BCUT2D eigenvalue weighted by atomic mass is 79.9. The van der Waals surface area contributed by atoms with Crippen LogP contribution in [0.4, 0.5) is 0 Å². The van der Waals surface area contributed by atoms with Crippen LogP contribution in [0, 0.1) is 0 Å². The summed E-state index contributed by atoms with van der Waals surface area (Å²) < 4.78 is 2.73. The molecule has 4 nitrogen and oxygen atoms in total. The Hall–Kier alpha value is -2.92. The molecule has 122 valence electrons. The second-order valence-electron chi connectivity index (χ2n) is 5.61. The lowest BCUT2D eigenvalue weighted by Gasteiger charge is -2.09. The molecule has 0 unspecified atom stereocenters. The maximum absolute atomic E-state index is 13.0. The van der Waals surface area contributed by atoms with Gasteiger partial charge in [0.25, 0.3) is 0 Å². The number of ketones is 1. The highest BCUT2D eigenvalue weighted by Gasteiger charge is 2.20. The first-order chi connectivity index (χ1) is 12.1. The maximum atomic E-state index is 13.0. The molecule has 0 aliphatic rings. The highest BCUT2D eigenvalue weighted by Crippen LogP contribution is 2.25. The average Bonchev–Trinajstić information content (AvgIpc) is 3.02. The molecule has 0 amide bonds. The summed E-state index contributed by atoms with van der Waals surface area (Å²) in [5, 5.41) is 9.55. The van der Waals surface area contributed by atoms with E-state index in [1.165, 1.54) is 0 Å². The molecular weight excluding hydrogens is 380 g/mol. The fraction of sp³-hybridized carbons (Fsp3) is 0. The van der Waals surface area contributed by atoms with Gasteiger partial charge in [-0.05, 0) is 60.7 Å². The molecule has 25 heavy (non-hydrogen) atoms. The van der Waals surface area contributed by atoms with Crippen molar-refractivity contribution in [2.24, 2.45) is 0 Å². The van der Waals surface area contributed by atoms with Crippen molar-refractivity contribution in [1.29, 1.82) is 0 Å². The Kier molecular flexibility index (Phi) is 3.86. The van der Waals surface area contributed by atoms with Crippen LogP contribution in [0.5, 0.6) is 5.75 Å². The minimum Gasteiger partial charge on any atom is -0.508 e. The summed E-state index contributed by atoms with van der Waals surface area (Å²) in [6.07, 6.45) is 0.